The lowest BCUT2D eigenvalue weighted by Crippen LogP contribution is -2.17. The maximum absolute atomic E-state index is 5.46. The summed E-state index contributed by atoms with van der Waals surface area (Å²) in [6.45, 7) is 9.52. The first-order chi connectivity index (χ1) is 8.72. The molecule has 2 N–H and O–H groups in total. The van der Waals surface area contributed by atoms with Crippen LogP contribution in [0.2, 0.25) is 0 Å². The molecule has 0 amide bonds. The molecule has 0 fully saturated rings. The molecule has 0 aromatic carbocycles. The van der Waals surface area contributed by atoms with Crippen molar-refractivity contribution in [2.45, 2.75) is 39.8 Å². The number of aromatic nitrogens is 2. The monoisotopic (exact) mass is 252 g/mol. The molecule has 0 aliphatic rings. The van der Waals surface area contributed by atoms with Gasteiger partial charge in [0, 0.05) is 37.7 Å². The number of anilines is 1. The summed E-state index contributed by atoms with van der Waals surface area (Å²) in [5.74, 6) is 0.687. The van der Waals surface area contributed by atoms with Crippen molar-refractivity contribution in [1.82, 2.24) is 15.3 Å². The van der Waals surface area contributed by atoms with Crippen LogP contribution in [0.3, 0.4) is 0 Å². The van der Waals surface area contributed by atoms with Crippen LogP contribution in [0.15, 0.2) is 12.4 Å². The summed E-state index contributed by atoms with van der Waals surface area (Å²) in [4.78, 5) is 8.44. The Balaban J connectivity index is 2.11. The van der Waals surface area contributed by atoms with Crippen LogP contribution in [-0.4, -0.2) is 35.8 Å². The fourth-order valence-electron chi connectivity index (χ4n) is 1.44. The summed E-state index contributed by atoms with van der Waals surface area (Å²) in [5.41, 5.74) is 1.10. The Morgan fingerprint density at radius 3 is 2.61 bits per heavy atom. The van der Waals surface area contributed by atoms with Gasteiger partial charge < -0.3 is 15.4 Å². The van der Waals surface area contributed by atoms with Gasteiger partial charge in [-0.2, -0.15) is 0 Å². The van der Waals surface area contributed by atoms with Gasteiger partial charge in [-0.15, -0.1) is 0 Å². The van der Waals surface area contributed by atoms with Gasteiger partial charge in [-0.25, -0.2) is 9.97 Å². The third-order valence-electron chi connectivity index (χ3n) is 2.32. The van der Waals surface area contributed by atoms with Gasteiger partial charge >= 0.3 is 0 Å². The normalized spacial score (nSPS) is 10.9. The molecular weight excluding hydrogens is 228 g/mol. The second kappa shape index (κ2) is 8.83. The molecule has 102 valence electrons. The van der Waals surface area contributed by atoms with Gasteiger partial charge in [0.15, 0.2) is 0 Å². The van der Waals surface area contributed by atoms with Crippen molar-refractivity contribution < 1.29 is 4.74 Å². The van der Waals surface area contributed by atoms with E-state index < -0.39 is 0 Å². The first kappa shape index (κ1) is 14.9. The predicted molar refractivity (Wildman–Crippen MR) is 73.6 cm³/mol. The van der Waals surface area contributed by atoms with Crippen molar-refractivity contribution in [3.8, 4) is 0 Å². The molecule has 0 bridgehead atoms. The summed E-state index contributed by atoms with van der Waals surface area (Å²) < 4.78 is 5.46. The van der Waals surface area contributed by atoms with E-state index in [0.717, 1.165) is 38.2 Å². The zero-order valence-electron chi connectivity index (χ0n) is 11.6. The maximum atomic E-state index is 5.46. The number of hydrogen-bond donors (Lipinski definition) is 2. The molecule has 0 atom stereocenters. The largest absolute Gasteiger partial charge is 0.379 e. The molecule has 0 aliphatic heterocycles. The quantitative estimate of drug-likeness (QED) is 0.656. The van der Waals surface area contributed by atoms with E-state index in [1.807, 2.05) is 19.3 Å². The molecule has 0 radical (unpaired) electrons. The lowest BCUT2D eigenvalue weighted by atomic mass is 10.3. The highest BCUT2D eigenvalue weighted by Gasteiger charge is 1.97. The highest BCUT2D eigenvalue weighted by atomic mass is 16.5. The van der Waals surface area contributed by atoms with E-state index in [1.165, 1.54) is 0 Å². The number of ether oxygens (including phenoxy) is 1. The van der Waals surface area contributed by atoms with Gasteiger partial charge in [-0.1, -0.05) is 0 Å². The van der Waals surface area contributed by atoms with Gasteiger partial charge in [0.2, 0.25) is 5.95 Å². The van der Waals surface area contributed by atoms with E-state index in [2.05, 4.69) is 34.4 Å². The van der Waals surface area contributed by atoms with Crippen molar-refractivity contribution in [1.29, 1.82) is 0 Å². The molecule has 0 saturated heterocycles. The van der Waals surface area contributed by atoms with Gasteiger partial charge in [0.05, 0.1) is 6.10 Å². The summed E-state index contributed by atoms with van der Waals surface area (Å²) in [7, 11) is 0. The number of rotatable bonds is 9. The average molecular weight is 252 g/mol. The van der Waals surface area contributed by atoms with Crippen LogP contribution in [0.4, 0.5) is 5.95 Å². The van der Waals surface area contributed by atoms with E-state index >= 15 is 0 Å². The van der Waals surface area contributed by atoms with Crippen molar-refractivity contribution in [2.75, 3.05) is 25.0 Å². The molecule has 5 heteroatoms. The highest BCUT2D eigenvalue weighted by Crippen LogP contribution is 1.99. The standard InChI is InChI=1S/C13H24N4O/c1-4-15-13-16-9-12(10-17-13)8-14-6-5-7-18-11(2)3/h9-11,14H,4-8H2,1-3H3,(H,15,16,17). The lowest BCUT2D eigenvalue weighted by molar-refractivity contribution is 0.0770. The Labute approximate surface area is 109 Å². The Morgan fingerprint density at radius 1 is 1.28 bits per heavy atom. The number of nitrogens with zero attached hydrogens (tertiary/aromatic N) is 2. The molecule has 1 heterocycles. The maximum Gasteiger partial charge on any atom is 0.222 e. The molecule has 0 unspecified atom stereocenters. The van der Waals surface area contributed by atoms with E-state index in [9.17, 15) is 0 Å². The average Bonchev–Trinajstić information content (AvgIpc) is 2.35. The molecule has 5 nitrogen and oxygen atoms in total. The lowest BCUT2D eigenvalue weighted by Gasteiger charge is -2.08. The summed E-state index contributed by atoms with van der Waals surface area (Å²) >= 11 is 0. The van der Waals surface area contributed by atoms with E-state index in [4.69, 9.17) is 4.74 Å². The molecule has 18 heavy (non-hydrogen) atoms. The molecule has 1 aromatic rings. The topological polar surface area (TPSA) is 59.1 Å². The summed E-state index contributed by atoms with van der Waals surface area (Å²) in [6.07, 6.45) is 5.04. The number of nitrogens with one attached hydrogen (secondary N) is 2. The van der Waals surface area contributed by atoms with E-state index in [-0.39, 0.29) is 0 Å². The second-order valence-electron chi connectivity index (χ2n) is 4.40. The van der Waals surface area contributed by atoms with Crippen molar-refractivity contribution in [3.05, 3.63) is 18.0 Å². The second-order valence-corrected chi connectivity index (χ2v) is 4.40. The van der Waals surface area contributed by atoms with Crippen LogP contribution < -0.4 is 10.6 Å². The van der Waals surface area contributed by atoms with Crippen LogP contribution in [0.25, 0.3) is 0 Å². The molecule has 1 rings (SSSR count). The van der Waals surface area contributed by atoms with Gasteiger partial charge in [-0.3, -0.25) is 0 Å². The van der Waals surface area contributed by atoms with Crippen molar-refractivity contribution >= 4 is 5.95 Å². The fraction of sp³-hybridized carbons (Fsp3) is 0.692. The molecule has 1 aromatic heterocycles. The fourth-order valence-corrected chi connectivity index (χ4v) is 1.44. The van der Waals surface area contributed by atoms with E-state index in [1.54, 1.807) is 0 Å². The van der Waals surface area contributed by atoms with Gasteiger partial charge in [-0.05, 0) is 33.7 Å². The van der Waals surface area contributed by atoms with Crippen LogP contribution >= 0.6 is 0 Å². The van der Waals surface area contributed by atoms with E-state index in [0.29, 0.717) is 12.1 Å². The van der Waals surface area contributed by atoms with Crippen molar-refractivity contribution in [2.24, 2.45) is 0 Å². The molecule has 0 saturated carbocycles. The van der Waals surface area contributed by atoms with Crippen LogP contribution in [-0.2, 0) is 11.3 Å². The van der Waals surface area contributed by atoms with Gasteiger partial charge in [0.25, 0.3) is 0 Å². The zero-order valence-corrected chi connectivity index (χ0v) is 11.6. The van der Waals surface area contributed by atoms with Crippen LogP contribution in [0.5, 0.6) is 0 Å². The third-order valence-corrected chi connectivity index (χ3v) is 2.32. The minimum Gasteiger partial charge on any atom is -0.379 e. The predicted octanol–water partition coefficient (Wildman–Crippen LogP) is 1.81. The Morgan fingerprint density at radius 2 is 2.00 bits per heavy atom. The minimum absolute atomic E-state index is 0.317. The third kappa shape index (κ3) is 6.51. The first-order valence-corrected chi connectivity index (χ1v) is 6.59. The van der Waals surface area contributed by atoms with Gasteiger partial charge in [0.1, 0.15) is 0 Å². The molecule has 0 aliphatic carbocycles. The first-order valence-electron chi connectivity index (χ1n) is 6.59. The zero-order chi connectivity index (χ0) is 13.2. The van der Waals surface area contributed by atoms with Crippen LogP contribution in [0, 0.1) is 0 Å². The molecule has 0 spiro atoms. The smallest absolute Gasteiger partial charge is 0.222 e. The SMILES string of the molecule is CCNc1ncc(CNCCCOC(C)C)cn1. The Kier molecular flexibility index (Phi) is 7.29. The van der Waals surface area contributed by atoms with Crippen molar-refractivity contribution in [3.63, 3.8) is 0 Å². The number of hydrogen-bond acceptors (Lipinski definition) is 5. The summed E-state index contributed by atoms with van der Waals surface area (Å²) in [6, 6.07) is 0. The van der Waals surface area contributed by atoms with Crippen LogP contribution in [0.1, 0.15) is 32.8 Å². The minimum atomic E-state index is 0.317. The Hall–Kier alpha value is -1.20. The highest BCUT2D eigenvalue weighted by molar-refractivity contribution is 5.24. The Bertz CT molecular complexity index is 313. The molecular formula is C13H24N4O. The summed E-state index contributed by atoms with van der Waals surface area (Å²) in [5, 5.41) is 6.42.